The molecule has 1 aliphatic heterocycles. The van der Waals surface area contributed by atoms with Gasteiger partial charge >= 0.3 is 0 Å². The molecule has 0 amide bonds. The molecule has 0 spiro atoms. The second-order valence-corrected chi connectivity index (χ2v) is 8.00. The van der Waals surface area contributed by atoms with Crippen molar-refractivity contribution < 1.29 is 12.9 Å². The summed E-state index contributed by atoms with van der Waals surface area (Å²) in [5.74, 6) is 0.801. The second-order valence-electron chi connectivity index (χ2n) is 6.09. The molecule has 0 bridgehead atoms. The van der Waals surface area contributed by atoms with E-state index < -0.39 is 10.0 Å². The van der Waals surface area contributed by atoms with Crippen LogP contribution in [0.4, 0.5) is 0 Å². The second kappa shape index (κ2) is 6.96. The number of rotatable bonds is 4. The molecule has 1 fully saturated rings. The third-order valence-corrected chi connectivity index (χ3v) is 6.48. The number of benzene rings is 1. The quantitative estimate of drug-likeness (QED) is 0.824. The number of piperazine rings is 1. The molecule has 7 nitrogen and oxygen atoms in total. The molecule has 0 N–H and O–H groups in total. The largest absolute Gasteiger partial charge is 0.361 e. The van der Waals surface area contributed by atoms with Gasteiger partial charge in [-0.1, -0.05) is 17.3 Å². The van der Waals surface area contributed by atoms with E-state index in [0.717, 1.165) is 17.0 Å². The Labute approximate surface area is 147 Å². The van der Waals surface area contributed by atoms with Gasteiger partial charge < -0.3 is 4.52 Å². The first kappa shape index (κ1) is 17.6. The molecule has 0 atom stereocenters. The highest BCUT2D eigenvalue weighted by atomic mass is 32.2. The summed E-state index contributed by atoms with van der Waals surface area (Å²) in [6, 6.07) is 8.28. The van der Waals surface area contributed by atoms with Crippen molar-refractivity contribution in [3.05, 3.63) is 46.8 Å². The maximum absolute atomic E-state index is 12.8. The van der Waals surface area contributed by atoms with Gasteiger partial charge in [-0.2, -0.15) is 9.57 Å². The summed E-state index contributed by atoms with van der Waals surface area (Å²) >= 11 is 0. The lowest BCUT2D eigenvalue weighted by atomic mass is 10.2. The van der Waals surface area contributed by atoms with Gasteiger partial charge in [0.25, 0.3) is 0 Å². The van der Waals surface area contributed by atoms with E-state index in [2.05, 4.69) is 10.1 Å². The Balaban J connectivity index is 1.71. The van der Waals surface area contributed by atoms with Crippen LogP contribution in [0.5, 0.6) is 0 Å². The summed E-state index contributed by atoms with van der Waals surface area (Å²) in [5, 5.41) is 13.1. The molecule has 1 aromatic heterocycles. The van der Waals surface area contributed by atoms with Crippen LogP contribution in [0.15, 0.2) is 33.7 Å². The first-order valence-electron chi connectivity index (χ1n) is 8.07. The highest BCUT2D eigenvalue weighted by Gasteiger charge is 2.30. The molecule has 0 radical (unpaired) electrons. The van der Waals surface area contributed by atoms with Crippen molar-refractivity contribution in [1.82, 2.24) is 14.4 Å². The summed E-state index contributed by atoms with van der Waals surface area (Å²) in [6.45, 7) is 6.52. The van der Waals surface area contributed by atoms with Gasteiger partial charge in [0.1, 0.15) is 11.8 Å². The molecule has 0 unspecified atom stereocenters. The van der Waals surface area contributed by atoms with Crippen LogP contribution in [0.1, 0.15) is 22.6 Å². The van der Waals surface area contributed by atoms with Gasteiger partial charge in [-0.15, -0.1) is 0 Å². The lowest BCUT2D eigenvalue weighted by Gasteiger charge is -2.34. The Morgan fingerprint density at radius 2 is 1.88 bits per heavy atom. The molecule has 1 aliphatic rings. The zero-order valence-corrected chi connectivity index (χ0v) is 15.1. The number of nitrogens with zero attached hydrogens (tertiary/aromatic N) is 4. The van der Waals surface area contributed by atoms with Crippen molar-refractivity contribution in [2.75, 3.05) is 26.2 Å². The lowest BCUT2D eigenvalue weighted by molar-refractivity contribution is 0.180. The van der Waals surface area contributed by atoms with Crippen LogP contribution >= 0.6 is 0 Å². The fraction of sp³-hybridized carbons (Fsp3) is 0.412. The highest BCUT2D eigenvalue weighted by molar-refractivity contribution is 7.89. The fourth-order valence-electron chi connectivity index (χ4n) is 3.00. The number of hydrogen-bond donors (Lipinski definition) is 0. The molecule has 8 heteroatoms. The molecule has 25 heavy (non-hydrogen) atoms. The average molecular weight is 360 g/mol. The zero-order valence-electron chi connectivity index (χ0n) is 14.3. The van der Waals surface area contributed by atoms with Crippen LogP contribution in [0.3, 0.4) is 0 Å². The van der Waals surface area contributed by atoms with Crippen LogP contribution in [-0.4, -0.2) is 49.0 Å². The lowest BCUT2D eigenvalue weighted by Crippen LogP contribution is -2.48. The minimum atomic E-state index is -3.65. The Morgan fingerprint density at radius 3 is 2.48 bits per heavy atom. The van der Waals surface area contributed by atoms with Crippen LogP contribution in [-0.2, 0) is 16.6 Å². The van der Waals surface area contributed by atoms with E-state index in [1.165, 1.54) is 16.4 Å². The Kier molecular flexibility index (Phi) is 4.90. The first-order valence-corrected chi connectivity index (χ1v) is 9.51. The molecule has 0 saturated carbocycles. The van der Waals surface area contributed by atoms with Gasteiger partial charge in [0.05, 0.1) is 16.2 Å². The van der Waals surface area contributed by atoms with E-state index in [1.54, 1.807) is 12.1 Å². The summed E-state index contributed by atoms with van der Waals surface area (Å²) in [4.78, 5) is 2.27. The van der Waals surface area contributed by atoms with E-state index >= 15 is 0 Å². The first-order chi connectivity index (χ1) is 11.9. The topological polar surface area (TPSA) is 90.4 Å². The third kappa shape index (κ3) is 3.44. The SMILES string of the molecule is Cc1noc(C)c1CN1CCN(S(=O)(=O)c2ccccc2C#N)CC1. The number of hydrogen-bond acceptors (Lipinski definition) is 6. The Morgan fingerprint density at radius 1 is 1.20 bits per heavy atom. The van der Waals surface area contributed by atoms with Gasteiger partial charge in [-0.25, -0.2) is 8.42 Å². The van der Waals surface area contributed by atoms with Crippen molar-refractivity contribution in [1.29, 1.82) is 5.26 Å². The maximum atomic E-state index is 12.8. The Bertz CT molecular complexity index is 887. The van der Waals surface area contributed by atoms with Crippen molar-refractivity contribution >= 4 is 10.0 Å². The number of nitriles is 1. The summed E-state index contributed by atoms with van der Waals surface area (Å²) in [5.41, 5.74) is 2.11. The smallest absolute Gasteiger partial charge is 0.244 e. The van der Waals surface area contributed by atoms with E-state index in [4.69, 9.17) is 9.78 Å². The highest BCUT2D eigenvalue weighted by Crippen LogP contribution is 2.22. The average Bonchev–Trinajstić information content (AvgIpc) is 2.94. The standard InChI is InChI=1S/C17H20N4O3S/c1-13-16(14(2)24-19-13)12-20-7-9-21(10-8-20)25(22,23)17-6-4-3-5-15(17)11-18/h3-6H,7-10,12H2,1-2H3. The van der Waals surface area contributed by atoms with Crippen molar-refractivity contribution in [2.24, 2.45) is 0 Å². The van der Waals surface area contributed by atoms with Gasteiger partial charge in [0, 0.05) is 38.3 Å². The molecular weight excluding hydrogens is 340 g/mol. The Hall–Kier alpha value is -2.21. The minimum Gasteiger partial charge on any atom is -0.361 e. The van der Waals surface area contributed by atoms with Crippen LogP contribution < -0.4 is 0 Å². The zero-order chi connectivity index (χ0) is 18.0. The van der Waals surface area contributed by atoms with Crippen molar-refractivity contribution in [3.63, 3.8) is 0 Å². The van der Waals surface area contributed by atoms with Gasteiger partial charge in [0.2, 0.25) is 10.0 Å². The van der Waals surface area contributed by atoms with Crippen molar-refractivity contribution in [3.8, 4) is 6.07 Å². The van der Waals surface area contributed by atoms with Gasteiger partial charge in [0.15, 0.2) is 0 Å². The van der Waals surface area contributed by atoms with Crippen molar-refractivity contribution in [2.45, 2.75) is 25.3 Å². The molecule has 3 rings (SSSR count). The number of aromatic nitrogens is 1. The monoisotopic (exact) mass is 360 g/mol. The fourth-order valence-corrected chi connectivity index (χ4v) is 4.57. The summed E-state index contributed by atoms with van der Waals surface area (Å²) in [6.07, 6.45) is 0. The normalized spacial score (nSPS) is 16.7. The van der Waals surface area contributed by atoms with Crippen LogP contribution in [0.2, 0.25) is 0 Å². The summed E-state index contributed by atoms with van der Waals surface area (Å²) in [7, 11) is -3.65. The maximum Gasteiger partial charge on any atom is 0.244 e. The molecule has 1 saturated heterocycles. The predicted molar refractivity (Wildman–Crippen MR) is 91.2 cm³/mol. The molecular formula is C17H20N4O3S. The number of aryl methyl sites for hydroxylation is 2. The molecule has 2 heterocycles. The minimum absolute atomic E-state index is 0.0803. The van der Waals surface area contributed by atoms with Crippen LogP contribution in [0.25, 0.3) is 0 Å². The predicted octanol–water partition coefficient (Wildman–Crippen LogP) is 1.67. The molecule has 2 aromatic rings. The summed E-state index contributed by atoms with van der Waals surface area (Å²) < 4.78 is 32.3. The third-order valence-electron chi connectivity index (χ3n) is 4.52. The van der Waals surface area contributed by atoms with E-state index in [1.807, 2.05) is 19.9 Å². The van der Waals surface area contributed by atoms with E-state index in [9.17, 15) is 8.42 Å². The van der Waals surface area contributed by atoms with Gasteiger partial charge in [-0.05, 0) is 26.0 Å². The van der Waals surface area contributed by atoms with E-state index in [0.29, 0.717) is 32.7 Å². The van der Waals surface area contributed by atoms with E-state index in [-0.39, 0.29) is 10.5 Å². The van der Waals surface area contributed by atoms with Gasteiger partial charge in [-0.3, -0.25) is 4.90 Å². The molecule has 1 aromatic carbocycles. The van der Waals surface area contributed by atoms with Crippen LogP contribution in [0, 0.1) is 25.2 Å². The molecule has 0 aliphatic carbocycles. The molecule has 132 valence electrons. The number of sulfonamides is 1.